The highest BCUT2D eigenvalue weighted by Gasteiger charge is 2.18. The number of carbonyl (C=O) groups excluding carboxylic acids is 1. The van der Waals surface area contributed by atoms with Crippen molar-refractivity contribution >= 4 is 40.2 Å². The molecule has 0 saturated heterocycles. The Kier molecular flexibility index (Phi) is 6.39. The standard InChI is InChI=1S/C22H20ClN5O2S/c1-14-16-12-25-28(18-9-5-6-10-19(18)30-2)21(16)22(27-26-14)31-13-20(29)24-11-15-7-3-4-8-17(15)23/h3-10,12H,11,13H2,1-2H3,(H,24,29). The third kappa shape index (κ3) is 4.50. The smallest absolute Gasteiger partial charge is 0.230 e. The fourth-order valence-corrected chi connectivity index (χ4v) is 4.15. The van der Waals surface area contributed by atoms with Gasteiger partial charge in [-0.15, -0.1) is 5.10 Å². The molecule has 2 aromatic carbocycles. The molecule has 1 N–H and O–H groups in total. The summed E-state index contributed by atoms with van der Waals surface area (Å²) in [6, 6.07) is 15.0. The molecule has 7 nitrogen and oxygen atoms in total. The molecule has 0 aliphatic heterocycles. The summed E-state index contributed by atoms with van der Waals surface area (Å²) in [6.07, 6.45) is 1.76. The first-order chi connectivity index (χ1) is 15.1. The second kappa shape index (κ2) is 9.36. The van der Waals surface area contributed by atoms with Gasteiger partial charge in [0.15, 0.2) is 0 Å². The maximum atomic E-state index is 12.4. The van der Waals surface area contributed by atoms with Gasteiger partial charge >= 0.3 is 0 Å². The van der Waals surface area contributed by atoms with Crippen molar-refractivity contribution in [1.82, 2.24) is 25.3 Å². The average Bonchev–Trinajstić information content (AvgIpc) is 3.24. The van der Waals surface area contributed by atoms with Crippen molar-refractivity contribution in [3.63, 3.8) is 0 Å². The zero-order chi connectivity index (χ0) is 21.8. The van der Waals surface area contributed by atoms with Gasteiger partial charge in [0.25, 0.3) is 0 Å². The van der Waals surface area contributed by atoms with Crippen LogP contribution >= 0.6 is 23.4 Å². The molecule has 0 saturated carbocycles. The lowest BCUT2D eigenvalue weighted by atomic mass is 10.2. The third-order valence-electron chi connectivity index (χ3n) is 4.74. The third-order valence-corrected chi connectivity index (χ3v) is 6.06. The number of fused-ring (bicyclic) bond motifs is 1. The molecule has 0 spiro atoms. The van der Waals surface area contributed by atoms with E-state index < -0.39 is 0 Å². The van der Waals surface area contributed by atoms with Gasteiger partial charge in [-0.25, -0.2) is 4.68 Å². The van der Waals surface area contributed by atoms with Gasteiger partial charge < -0.3 is 10.1 Å². The average molecular weight is 454 g/mol. The van der Waals surface area contributed by atoms with Gasteiger partial charge in [-0.1, -0.05) is 53.7 Å². The zero-order valence-corrected chi connectivity index (χ0v) is 18.6. The topological polar surface area (TPSA) is 81.9 Å². The number of para-hydroxylation sites is 2. The highest BCUT2D eigenvalue weighted by molar-refractivity contribution is 8.00. The highest BCUT2D eigenvalue weighted by atomic mass is 35.5. The number of hydrogen-bond acceptors (Lipinski definition) is 6. The van der Waals surface area contributed by atoms with Crippen molar-refractivity contribution in [1.29, 1.82) is 0 Å². The van der Waals surface area contributed by atoms with Gasteiger partial charge in [0.2, 0.25) is 5.91 Å². The number of nitrogens with one attached hydrogen (secondary N) is 1. The lowest BCUT2D eigenvalue weighted by Gasteiger charge is -2.11. The Balaban J connectivity index is 1.57. The Bertz CT molecular complexity index is 1240. The number of ether oxygens (including phenoxy) is 1. The van der Waals surface area contributed by atoms with E-state index in [4.69, 9.17) is 16.3 Å². The number of benzene rings is 2. The lowest BCUT2D eigenvalue weighted by Crippen LogP contribution is -2.24. The number of amides is 1. The first-order valence-corrected chi connectivity index (χ1v) is 10.9. The molecule has 158 valence electrons. The van der Waals surface area contributed by atoms with Gasteiger partial charge in [-0.05, 0) is 30.7 Å². The van der Waals surface area contributed by atoms with Gasteiger partial charge in [0.1, 0.15) is 22.0 Å². The minimum Gasteiger partial charge on any atom is -0.494 e. The molecule has 0 atom stereocenters. The van der Waals surface area contributed by atoms with Crippen LogP contribution in [0.5, 0.6) is 5.75 Å². The van der Waals surface area contributed by atoms with Crippen LogP contribution in [0.3, 0.4) is 0 Å². The van der Waals surface area contributed by atoms with E-state index in [1.165, 1.54) is 11.8 Å². The van der Waals surface area contributed by atoms with Crippen LogP contribution in [0.25, 0.3) is 16.6 Å². The first-order valence-electron chi connectivity index (χ1n) is 9.55. The number of carbonyl (C=O) groups is 1. The second-order valence-corrected chi connectivity index (χ2v) is 8.11. The fourth-order valence-electron chi connectivity index (χ4n) is 3.15. The van der Waals surface area contributed by atoms with E-state index in [9.17, 15) is 4.79 Å². The van der Waals surface area contributed by atoms with E-state index in [1.807, 2.05) is 49.4 Å². The predicted octanol–water partition coefficient (Wildman–Crippen LogP) is 4.19. The number of halogens is 1. The number of methoxy groups -OCH3 is 1. The molecule has 0 aliphatic rings. The number of aryl methyl sites for hydroxylation is 1. The highest BCUT2D eigenvalue weighted by Crippen LogP contribution is 2.31. The Morgan fingerprint density at radius 1 is 1.16 bits per heavy atom. The molecule has 2 heterocycles. The quantitative estimate of drug-likeness (QED) is 0.422. The Hall–Kier alpha value is -3.10. The molecular formula is C22H20ClN5O2S. The van der Waals surface area contributed by atoms with Crippen LogP contribution < -0.4 is 10.1 Å². The maximum absolute atomic E-state index is 12.4. The van der Waals surface area contributed by atoms with Gasteiger partial charge in [-0.2, -0.15) is 10.2 Å². The molecule has 4 aromatic rings. The summed E-state index contributed by atoms with van der Waals surface area (Å²) in [5, 5.41) is 18.1. The van der Waals surface area contributed by atoms with Crippen LogP contribution in [0.15, 0.2) is 59.8 Å². The van der Waals surface area contributed by atoms with Crippen LogP contribution in [0.1, 0.15) is 11.3 Å². The number of rotatable bonds is 7. The summed E-state index contributed by atoms with van der Waals surface area (Å²) < 4.78 is 7.27. The molecule has 1 amide bonds. The van der Waals surface area contributed by atoms with E-state index in [0.29, 0.717) is 22.3 Å². The van der Waals surface area contributed by atoms with Crippen molar-refractivity contribution in [2.75, 3.05) is 12.9 Å². The normalized spacial score (nSPS) is 10.9. The fraction of sp³-hybridized carbons (Fsp3) is 0.182. The minimum absolute atomic E-state index is 0.121. The molecule has 0 aliphatic carbocycles. The van der Waals surface area contributed by atoms with Crippen LogP contribution in [-0.4, -0.2) is 38.7 Å². The number of hydrogen-bond donors (Lipinski definition) is 1. The van der Waals surface area contributed by atoms with Gasteiger partial charge in [-0.3, -0.25) is 4.79 Å². The Morgan fingerprint density at radius 2 is 1.94 bits per heavy atom. The molecule has 4 rings (SSSR count). The lowest BCUT2D eigenvalue weighted by molar-refractivity contribution is -0.118. The van der Waals surface area contributed by atoms with Crippen molar-refractivity contribution in [3.8, 4) is 11.4 Å². The van der Waals surface area contributed by atoms with Crippen LogP contribution in [0.4, 0.5) is 0 Å². The molecule has 9 heteroatoms. The van der Waals surface area contributed by atoms with Gasteiger partial charge in [0, 0.05) is 17.0 Å². The minimum atomic E-state index is -0.121. The van der Waals surface area contributed by atoms with E-state index in [-0.39, 0.29) is 11.7 Å². The first kappa shape index (κ1) is 21.1. The van der Waals surface area contributed by atoms with Gasteiger partial charge in [0.05, 0.1) is 24.8 Å². The summed E-state index contributed by atoms with van der Waals surface area (Å²) in [5.74, 6) is 0.758. The Labute approximate surface area is 188 Å². The molecule has 31 heavy (non-hydrogen) atoms. The summed E-state index contributed by atoms with van der Waals surface area (Å²) in [5.41, 5.74) is 3.22. The SMILES string of the molecule is COc1ccccc1-n1ncc2c(C)nnc(SCC(=O)NCc3ccccc3Cl)c21. The maximum Gasteiger partial charge on any atom is 0.230 e. The second-order valence-electron chi connectivity index (χ2n) is 6.74. The van der Waals surface area contributed by atoms with Crippen LogP contribution in [0, 0.1) is 6.92 Å². The zero-order valence-electron chi connectivity index (χ0n) is 17.0. The summed E-state index contributed by atoms with van der Waals surface area (Å²) in [7, 11) is 1.62. The summed E-state index contributed by atoms with van der Waals surface area (Å²) in [6.45, 7) is 2.25. The molecule has 2 aromatic heterocycles. The molecule has 0 radical (unpaired) electrons. The van der Waals surface area contributed by atoms with Crippen LogP contribution in [0.2, 0.25) is 5.02 Å². The van der Waals surface area contributed by atoms with E-state index >= 15 is 0 Å². The summed E-state index contributed by atoms with van der Waals surface area (Å²) in [4.78, 5) is 12.4. The summed E-state index contributed by atoms with van der Waals surface area (Å²) >= 11 is 7.47. The molecule has 0 unspecified atom stereocenters. The molecule has 0 fully saturated rings. The van der Waals surface area contributed by atoms with Crippen molar-refractivity contribution in [2.45, 2.75) is 18.5 Å². The van der Waals surface area contributed by atoms with E-state index in [1.54, 1.807) is 24.1 Å². The number of thioether (sulfide) groups is 1. The number of nitrogens with zero attached hydrogens (tertiary/aromatic N) is 4. The van der Waals surface area contributed by atoms with E-state index in [2.05, 4.69) is 20.6 Å². The Morgan fingerprint density at radius 3 is 2.74 bits per heavy atom. The number of aromatic nitrogens is 4. The van der Waals surface area contributed by atoms with E-state index in [0.717, 1.165) is 27.8 Å². The molecular weight excluding hydrogens is 434 g/mol. The monoisotopic (exact) mass is 453 g/mol. The van der Waals surface area contributed by atoms with Crippen molar-refractivity contribution in [3.05, 3.63) is 71.0 Å². The predicted molar refractivity (Wildman–Crippen MR) is 122 cm³/mol. The largest absolute Gasteiger partial charge is 0.494 e. The van der Waals surface area contributed by atoms with Crippen LogP contribution in [-0.2, 0) is 11.3 Å². The van der Waals surface area contributed by atoms with Crippen molar-refractivity contribution in [2.24, 2.45) is 0 Å². The van der Waals surface area contributed by atoms with Crippen molar-refractivity contribution < 1.29 is 9.53 Å². The molecule has 0 bridgehead atoms.